The smallest absolute Gasteiger partial charge is 0.223 e. The third kappa shape index (κ3) is 4.58. The first kappa shape index (κ1) is 15.5. The summed E-state index contributed by atoms with van der Waals surface area (Å²) >= 11 is 0. The summed E-state index contributed by atoms with van der Waals surface area (Å²) in [6, 6.07) is 0.662. The fourth-order valence-electron chi connectivity index (χ4n) is 3.20. The fourth-order valence-corrected chi connectivity index (χ4v) is 3.20. The van der Waals surface area contributed by atoms with Gasteiger partial charge in [-0.3, -0.25) is 0 Å². The Morgan fingerprint density at radius 1 is 1.20 bits per heavy atom. The van der Waals surface area contributed by atoms with E-state index in [2.05, 4.69) is 36.2 Å². The molecule has 2 unspecified atom stereocenters. The molecule has 1 aromatic rings. The van der Waals surface area contributed by atoms with Gasteiger partial charge in [-0.15, -0.1) is 0 Å². The second kappa shape index (κ2) is 6.70. The zero-order valence-corrected chi connectivity index (χ0v) is 13.4. The van der Waals surface area contributed by atoms with Gasteiger partial charge in [-0.05, 0) is 37.0 Å². The van der Waals surface area contributed by atoms with Crippen molar-refractivity contribution >= 4 is 0 Å². The number of nitrogens with zero attached hydrogens (tertiary/aromatic N) is 2. The molecule has 1 aromatic heterocycles. The van der Waals surface area contributed by atoms with Crippen molar-refractivity contribution in [1.82, 2.24) is 15.5 Å². The first-order valence-corrected chi connectivity index (χ1v) is 7.97. The molecule has 114 valence electrons. The maximum atomic E-state index is 4.99. The zero-order valence-electron chi connectivity index (χ0n) is 13.4. The second-order valence-electron chi connectivity index (χ2n) is 7.20. The lowest BCUT2D eigenvalue weighted by atomic mass is 9.76. The number of aryl methyl sites for hydroxylation is 1. The van der Waals surface area contributed by atoms with Gasteiger partial charge < -0.3 is 9.84 Å². The van der Waals surface area contributed by atoms with Crippen molar-refractivity contribution in [2.75, 3.05) is 6.54 Å². The van der Waals surface area contributed by atoms with Crippen LogP contribution in [-0.2, 0) is 6.42 Å². The molecule has 1 aliphatic carbocycles. The summed E-state index contributed by atoms with van der Waals surface area (Å²) in [4.78, 5) is 4.24. The van der Waals surface area contributed by atoms with Gasteiger partial charge in [0.05, 0.1) is 0 Å². The van der Waals surface area contributed by atoms with Crippen molar-refractivity contribution in [1.29, 1.82) is 0 Å². The van der Waals surface area contributed by atoms with Gasteiger partial charge in [0.15, 0.2) is 5.82 Å². The molecule has 0 spiro atoms. The molecule has 2 atom stereocenters. The summed E-state index contributed by atoms with van der Waals surface area (Å²) in [7, 11) is 0. The lowest BCUT2D eigenvalue weighted by Crippen LogP contribution is -2.30. The quantitative estimate of drug-likeness (QED) is 0.857. The van der Waals surface area contributed by atoms with Gasteiger partial charge in [0.25, 0.3) is 0 Å². The monoisotopic (exact) mass is 279 g/mol. The standard InChI is InChI=1S/C16H29N3O/c1-12-18-15(19-20-12)10-11-17-14-7-5-6-13(8-9-14)16(2,3)4/h13-14,17H,5-11H2,1-4H3. The van der Waals surface area contributed by atoms with Crippen LogP contribution in [0, 0.1) is 18.3 Å². The Labute approximate surface area is 122 Å². The molecule has 4 nitrogen and oxygen atoms in total. The van der Waals surface area contributed by atoms with Crippen LogP contribution in [0.4, 0.5) is 0 Å². The molecule has 0 radical (unpaired) electrons. The summed E-state index contributed by atoms with van der Waals surface area (Å²) < 4.78 is 4.99. The Kier molecular flexibility index (Phi) is 5.19. The SMILES string of the molecule is Cc1nc(CCNC2CCCC(C(C)(C)C)CC2)no1. The Morgan fingerprint density at radius 3 is 2.65 bits per heavy atom. The molecule has 1 aliphatic rings. The predicted molar refractivity (Wildman–Crippen MR) is 80.6 cm³/mol. The maximum Gasteiger partial charge on any atom is 0.223 e. The number of hydrogen-bond donors (Lipinski definition) is 1. The summed E-state index contributed by atoms with van der Waals surface area (Å²) in [5.74, 6) is 2.34. The molecule has 4 heteroatoms. The van der Waals surface area contributed by atoms with Crippen molar-refractivity contribution in [3.63, 3.8) is 0 Å². The van der Waals surface area contributed by atoms with Gasteiger partial charge in [0.1, 0.15) is 0 Å². The lowest BCUT2D eigenvalue weighted by Gasteiger charge is -2.29. The van der Waals surface area contributed by atoms with Crippen LogP contribution in [0.3, 0.4) is 0 Å². The van der Waals surface area contributed by atoms with Crippen LogP contribution in [-0.4, -0.2) is 22.7 Å². The number of rotatable bonds is 4. The first-order valence-electron chi connectivity index (χ1n) is 7.97. The van der Waals surface area contributed by atoms with Crippen LogP contribution < -0.4 is 5.32 Å². The molecule has 1 saturated carbocycles. The van der Waals surface area contributed by atoms with Crippen molar-refractivity contribution in [2.24, 2.45) is 11.3 Å². The summed E-state index contributed by atoms with van der Waals surface area (Å²) in [6.45, 7) is 9.92. The molecule has 2 rings (SSSR count). The largest absolute Gasteiger partial charge is 0.340 e. The predicted octanol–water partition coefficient (Wildman–Crippen LogP) is 3.51. The zero-order chi connectivity index (χ0) is 14.6. The molecule has 0 bridgehead atoms. The van der Waals surface area contributed by atoms with Crippen LogP contribution in [0.5, 0.6) is 0 Å². The lowest BCUT2D eigenvalue weighted by molar-refractivity contribution is 0.213. The van der Waals surface area contributed by atoms with E-state index in [1.54, 1.807) is 0 Å². The second-order valence-corrected chi connectivity index (χ2v) is 7.20. The van der Waals surface area contributed by atoms with Gasteiger partial charge >= 0.3 is 0 Å². The highest BCUT2D eigenvalue weighted by atomic mass is 16.5. The number of hydrogen-bond acceptors (Lipinski definition) is 4. The van der Waals surface area contributed by atoms with Gasteiger partial charge in [0.2, 0.25) is 5.89 Å². The van der Waals surface area contributed by atoms with Crippen LogP contribution >= 0.6 is 0 Å². The molecular formula is C16H29N3O. The van der Waals surface area contributed by atoms with Crippen LogP contribution in [0.15, 0.2) is 4.52 Å². The van der Waals surface area contributed by atoms with Crippen LogP contribution in [0.1, 0.15) is 64.6 Å². The summed E-state index contributed by atoms with van der Waals surface area (Å²) in [5.41, 5.74) is 0.455. The normalized spacial score (nSPS) is 24.6. The molecule has 0 saturated heterocycles. The molecule has 1 N–H and O–H groups in total. The maximum absolute atomic E-state index is 4.99. The van der Waals surface area contributed by atoms with E-state index in [9.17, 15) is 0 Å². The van der Waals surface area contributed by atoms with E-state index in [0.717, 1.165) is 24.7 Å². The average molecular weight is 279 g/mol. The Balaban J connectivity index is 1.71. The van der Waals surface area contributed by atoms with Crippen molar-refractivity contribution in [3.8, 4) is 0 Å². The van der Waals surface area contributed by atoms with E-state index in [-0.39, 0.29) is 0 Å². The molecule has 0 amide bonds. The Morgan fingerprint density at radius 2 is 2.00 bits per heavy atom. The third-order valence-electron chi connectivity index (χ3n) is 4.54. The summed E-state index contributed by atoms with van der Waals surface area (Å²) in [6.07, 6.45) is 7.54. The van der Waals surface area contributed by atoms with E-state index < -0.39 is 0 Å². The molecule has 0 aliphatic heterocycles. The van der Waals surface area contributed by atoms with Crippen molar-refractivity contribution < 1.29 is 4.52 Å². The minimum Gasteiger partial charge on any atom is -0.340 e. The molecule has 1 heterocycles. The van der Waals surface area contributed by atoms with Gasteiger partial charge in [-0.25, -0.2) is 0 Å². The van der Waals surface area contributed by atoms with E-state index in [1.807, 2.05) is 6.92 Å². The highest BCUT2D eigenvalue weighted by Crippen LogP contribution is 2.36. The molecule has 0 aromatic carbocycles. The topological polar surface area (TPSA) is 51.0 Å². The van der Waals surface area contributed by atoms with E-state index in [4.69, 9.17) is 4.52 Å². The molecular weight excluding hydrogens is 250 g/mol. The fraction of sp³-hybridized carbons (Fsp3) is 0.875. The van der Waals surface area contributed by atoms with Crippen LogP contribution in [0.2, 0.25) is 0 Å². The average Bonchev–Trinajstić information content (AvgIpc) is 2.63. The van der Waals surface area contributed by atoms with Gasteiger partial charge in [0, 0.05) is 25.9 Å². The Bertz CT molecular complexity index is 408. The van der Waals surface area contributed by atoms with Gasteiger partial charge in [-0.1, -0.05) is 32.3 Å². The van der Waals surface area contributed by atoms with Crippen molar-refractivity contribution in [3.05, 3.63) is 11.7 Å². The van der Waals surface area contributed by atoms with E-state index in [1.165, 1.54) is 32.1 Å². The minimum absolute atomic E-state index is 0.455. The molecule has 1 fully saturated rings. The van der Waals surface area contributed by atoms with E-state index >= 15 is 0 Å². The number of aromatic nitrogens is 2. The first-order chi connectivity index (χ1) is 9.45. The minimum atomic E-state index is 0.455. The Hall–Kier alpha value is -0.900. The summed E-state index contributed by atoms with van der Waals surface area (Å²) in [5, 5.41) is 7.60. The highest BCUT2D eigenvalue weighted by molar-refractivity contribution is 4.86. The van der Waals surface area contributed by atoms with Crippen LogP contribution in [0.25, 0.3) is 0 Å². The highest BCUT2D eigenvalue weighted by Gasteiger charge is 2.27. The van der Waals surface area contributed by atoms with E-state index in [0.29, 0.717) is 17.3 Å². The third-order valence-corrected chi connectivity index (χ3v) is 4.54. The number of nitrogens with one attached hydrogen (secondary N) is 1. The van der Waals surface area contributed by atoms with Crippen molar-refractivity contribution in [2.45, 2.75) is 72.3 Å². The van der Waals surface area contributed by atoms with Gasteiger partial charge in [-0.2, -0.15) is 4.98 Å². The molecule has 20 heavy (non-hydrogen) atoms.